The van der Waals surface area contributed by atoms with Gasteiger partial charge in [0, 0.05) is 18.8 Å². The van der Waals surface area contributed by atoms with Crippen LogP contribution in [0.2, 0.25) is 0 Å². The largest absolute Gasteiger partial charge is 0.494 e. The van der Waals surface area contributed by atoms with Gasteiger partial charge in [-0.25, -0.2) is 0 Å². The molecule has 0 aromatic heterocycles. The number of rotatable bonds is 2. The molecule has 2 aliphatic heterocycles. The predicted octanol–water partition coefficient (Wildman–Crippen LogP) is 2.79. The Morgan fingerprint density at radius 2 is 1.62 bits per heavy atom. The lowest BCUT2D eigenvalue weighted by Crippen LogP contribution is -2.41. The van der Waals surface area contributed by atoms with Crippen LogP contribution >= 0.6 is 0 Å². The van der Waals surface area contributed by atoms with Crippen LogP contribution < -0.4 is 10.4 Å². The molecule has 1 radical (unpaired) electrons. The van der Waals surface area contributed by atoms with Crippen LogP contribution in [0, 0.1) is 6.42 Å². The Morgan fingerprint density at radius 3 is 2.24 bits per heavy atom. The van der Waals surface area contributed by atoms with Crippen LogP contribution in [0.5, 0.6) is 0 Å². The van der Waals surface area contributed by atoms with Gasteiger partial charge in [-0.05, 0) is 64.6 Å². The lowest BCUT2D eigenvalue weighted by Gasteiger charge is -2.32. The Bertz CT molecular complexity index is 493. The van der Waals surface area contributed by atoms with Gasteiger partial charge >= 0.3 is 7.12 Å². The Balaban J connectivity index is 1.81. The molecule has 2 aliphatic rings. The van der Waals surface area contributed by atoms with E-state index in [0.29, 0.717) is 0 Å². The van der Waals surface area contributed by atoms with E-state index in [1.807, 2.05) is 0 Å². The summed E-state index contributed by atoms with van der Waals surface area (Å²) in [6, 6.07) is 8.60. The second kappa shape index (κ2) is 5.33. The zero-order valence-electron chi connectivity index (χ0n) is 13.6. The van der Waals surface area contributed by atoms with Gasteiger partial charge in [0.05, 0.1) is 11.2 Å². The van der Waals surface area contributed by atoms with E-state index < -0.39 is 0 Å². The van der Waals surface area contributed by atoms with Crippen molar-refractivity contribution in [1.82, 2.24) is 0 Å². The molecule has 0 aliphatic carbocycles. The van der Waals surface area contributed by atoms with Crippen LogP contribution in [-0.2, 0) is 9.31 Å². The highest BCUT2D eigenvalue weighted by Crippen LogP contribution is 2.36. The normalized spacial score (nSPS) is 24.4. The minimum absolute atomic E-state index is 0.272. The summed E-state index contributed by atoms with van der Waals surface area (Å²) in [6.45, 7) is 10.6. The fourth-order valence-electron chi connectivity index (χ4n) is 2.86. The van der Waals surface area contributed by atoms with Gasteiger partial charge in [-0.3, -0.25) is 0 Å². The number of hydrogen-bond acceptors (Lipinski definition) is 3. The summed E-state index contributed by atoms with van der Waals surface area (Å²) in [5.41, 5.74) is 1.82. The average Bonchev–Trinajstić information content (AvgIpc) is 2.69. The lowest BCUT2D eigenvalue weighted by molar-refractivity contribution is 0.00578. The van der Waals surface area contributed by atoms with E-state index >= 15 is 0 Å². The third kappa shape index (κ3) is 2.84. The number of benzene rings is 1. The molecule has 2 heterocycles. The van der Waals surface area contributed by atoms with E-state index in [1.54, 1.807) is 0 Å². The molecule has 3 nitrogen and oxygen atoms in total. The Hall–Kier alpha value is -0.995. The Morgan fingerprint density at radius 1 is 1.00 bits per heavy atom. The highest BCUT2D eigenvalue weighted by molar-refractivity contribution is 6.62. The standard InChI is InChI=1S/C17H25BNO2/c1-16(2)17(3,4)21-18(20-16)14-9-8-10-15(13-14)19-11-6-5-7-12-19/h5,8-10,13H,6-7,11-12H2,1-4H3. The molecule has 3 rings (SSSR count). The van der Waals surface area contributed by atoms with E-state index in [0.717, 1.165) is 18.6 Å². The number of anilines is 1. The molecule has 0 atom stereocenters. The first kappa shape index (κ1) is 14.9. The average molecular weight is 286 g/mol. The van der Waals surface area contributed by atoms with Gasteiger partial charge in [-0.2, -0.15) is 0 Å². The highest BCUT2D eigenvalue weighted by atomic mass is 16.7. The lowest BCUT2D eigenvalue weighted by atomic mass is 9.79. The van der Waals surface area contributed by atoms with Crippen LogP contribution in [-0.4, -0.2) is 31.4 Å². The van der Waals surface area contributed by atoms with E-state index in [9.17, 15) is 0 Å². The van der Waals surface area contributed by atoms with E-state index in [2.05, 4.69) is 63.3 Å². The zero-order chi connectivity index (χ0) is 15.1. The van der Waals surface area contributed by atoms with E-state index in [-0.39, 0.29) is 18.3 Å². The second-order valence-corrected chi connectivity index (χ2v) is 7.04. The number of nitrogens with zero attached hydrogens (tertiary/aromatic N) is 1. The van der Waals surface area contributed by atoms with Crippen molar-refractivity contribution in [3.05, 3.63) is 30.7 Å². The van der Waals surface area contributed by atoms with Crippen molar-refractivity contribution < 1.29 is 9.31 Å². The maximum Gasteiger partial charge on any atom is 0.494 e. The third-order valence-corrected chi connectivity index (χ3v) is 4.97. The molecule has 0 saturated carbocycles. The van der Waals surface area contributed by atoms with Gasteiger partial charge in [0.2, 0.25) is 0 Å². The molecule has 0 N–H and O–H groups in total. The minimum atomic E-state index is -0.284. The van der Waals surface area contributed by atoms with Gasteiger partial charge in [-0.15, -0.1) is 0 Å². The summed E-state index contributed by atoms with van der Waals surface area (Å²) < 4.78 is 12.3. The summed E-state index contributed by atoms with van der Waals surface area (Å²) in [4.78, 5) is 2.44. The van der Waals surface area contributed by atoms with Gasteiger partial charge in [0.15, 0.2) is 0 Å². The molecule has 0 spiro atoms. The maximum absolute atomic E-state index is 6.15. The summed E-state index contributed by atoms with van der Waals surface area (Å²) in [7, 11) is -0.272. The minimum Gasteiger partial charge on any atom is -0.399 e. The van der Waals surface area contributed by atoms with Gasteiger partial charge < -0.3 is 14.2 Å². The quantitative estimate of drug-likeness (QED) is 0.780. The molecule has 0 amide bonds. The first-order chi connectivity index (χ1) is 9.89. The van der Waals surface area contributed by atoms with Gasteiger partial charge in [-0.1, -0.05) is 12.1 Å². The zero-order valence-corrected chi connectivity index (χ0v) is 13.6. The second-order valence-electron chi connectivity index (χ2n) is 7.04. The molecular weight excluding hydrogens is 261 g/mol. The third-order valence-electron chi connectivity index (χ3n) is 4.97. The van der Waals surface area contributed by atoms with Crippen molar-refractivity contribution in [2.45, 2.75) is 51.7 Å². The first-order valence-corrected chi connectivity index (χ1v) is 7.91. The predicted molar refractivity (Wildman–Crippen MR) is 87.9 cm³/mol. The molecule has 1 aromatic carbocycles. The summed E-state index contributed by atoms with van der Waals surface area (Å²) in [5.74, 6) is 0. The molecule has 4 heteroatoms. The van der Waals surface area contributed by atoms with Crippen molar-refractivity contribution in [1.29, 1.82) is 0 Å². The summed E-state index contributed by atoms with van der Waals surface area (Å²) >= 11 is 0. The Labute approximate surface area is 128 Å². The summed E-state index contributed by atoms with van der Waals surface area (Å²) in [6.07, 6.45) is 4.70. The van der Waals surface area contributed by atoms with Crippen molar-refractivity contribution in [3.63, 3.8) is 0 Å². The monoisotopic (exact) mass is 286 g/mol. The SMILES string of the molecule is CC1(C)OB(c2cccc(N3CC[CH]CC3)c2)OC1(C)C. The van der Waals surface area contributed by atoms with Crippen molar-refractivity contribution in [2.24, 2.45) is 0 Å². The van der Waals surface area contributed by atoms with Crippen molar-refractivity contribution in [3.8, 4) is 0 Å². The van der Waals surface area contributed by atoms with Crippen molar-refractivity contribution in [2.75, 3.05) is 18.0 Å². The smallest absolute Gasteiger partial charge is 0.399 e. The molecule has 0 bridgehead atoms. The molecule has 2 saturated heterocycles. The molecule has 21 heavy (non-hydrogen) atoms. The maximum atomic E-state index is 6.15. The van der Waals surface area contributed by atoms with Gasteiger partial charge in [0.1, 0.15) is 0 Å². The number of piperidine rings is 1. The van der Waals surface area contributed by atoms with E-state index in [1.165, 1.54) is 18.5 Å². The number of hydrogen-bond donors (Lipinski definition) is 0. The van der Waals surface area contributed by atoms with E-state index in [4.69, 9.17) is 9.31 Å². The fourth-order valence-corrected chi connectivity index (χ4v) is 2.86. The van der Waals surface area contributed by atoms with Gasteiger partial charge in [0.25, 0.3) is 0 Å². The highest BCUT2D eigenvalue weighted by Gasteiger charge is 2.51. The molecule has 1 aromatic rings. The molecule has 2 fully saturated rings. The fraction of sp³-hybridized carbons (Fsp3) is 0.588. The molecule has 0 unspecified atom stereocenters. The van der Waals surface area contributed by atoms with Crippen molar-refractivity contribution >= 4 is 18.3 Å². The molecule has 113 valence electrons. The topological polar surface area (TPSA) is 21.7 Å². The Kier molecular flexibility index (Phi) is 3.79. The van der Waals surface area contributed by atoms with Crippen LogP contribution in [0.3, 0.4) is 0 Å². The van der Waals surface area contributed by atoms with Crippen LogP contribution in [0.15, 0.2) is 24.3 Å². The van der Waals surface area contributed by atoms with Crippen LogP contribution in [0.25, 0.3) is 0 Å². The van der Waals surface area contributed by atoms with Crippen LogP contribution in [0.4, 0.5) is 5.69 Å². The van der Waals surface area contributed by atoms with Crippen LogP contribution in [0.1, 0.15) is 40.5 Å². The molecular formula is C17H25BNO2. The first-order valence-electron chi connectivity index (χ1n) is 7.91. The summed E-state index contributed by atoms with van der Waals surface area (Å²) in [5, 5.41) is 0.